The molecule has 1 saturated heterocycles. The molecule has 6 N–H and O–H groups in total. The molecule has 5 fully saturated rings. The van der Waals surface area contributed by atoms with Gasteiger partial charge in [0.15, 0.2) is 6.29 Å². The van der Waals surface area contributed by atoms with Gasteiger partial charge in [-0.15, -0.1) is 6.58 Å². The fourth-order valence-corrected chi connectivity index (χ4v) is 10.1. The Hall–Kier alpha value is -0.670. The van der Waals surface area contributed by atoms with Crippen molar-refractivity contribution in [2.24, 2.45) is 40.4 Å². The van der Waals surface area contributed by atoms with Crippen molar-refractivity contribution in [2.75, 3.05) is 13.2 Å². The third-order valence-corrected chi connectivity index (χ3v) is 11.9. The maximum Gasteiger partial charge on any atom is 0.397 e. The summed E-state index contributed by atoms with van der Waals surface area (Å²) in [5.74, 6) is 1.49. The average molecular weight is 577 g/mol. The van der Waals surface area contributed by atoms with E-state index in [2.05, 4.69) is 23.8 Å². The van der Waals surface area contributed by atoms with Crippen LogP contribution < -0.4 is 0 Å². The van der Waals surface area contributed by atoms with E-state index in [1.807, 2.05) is 0 Å². The van der Waals surface area contributed by atoms with Crippen molar-refractivity contribution in [3.63, 3.8) is 0 Å². The van der Waals surface area contributed by atoms with Gasteiger partial charge in [-0.25, -0.2) is 4.18 Å². The Kier molecular flexibility index (Phi) is 8.31. The summed E-state index contributed by atoms with van der Waals surface area (Å²) in [5.41, 5.74) is -0.279. The van der Waals surface area contributed by atoms with E-state index in [0.29, 0.717) is 37.0 Å². The van der Waals surface area contributed by atoms with Crippen molar-refractivity contribution in [3.05, 3.63) is 12.7 Å². The van der Waals surface area contributed by atoms with Crippen LogP contribution in [0.3, 0.4) is 0 Å². The smallest absolute Gasteiger partial charge is 0.396 e. The summed E-state index contributed by atoms with van der Waals surface area (Å²) in [6.45, 7) is 5.70. The lowest BCUT2D eigenvalue weighted by Crippen LogP contribution is -2.64. The van der Waals surface area contributed by atoms with Crippen LogP contribution >= 0.6 is 0 Å². The molecule has 224 valence electrons. The predicted octanol–water partition coefficient (Wildman–Crippen LogP) is 0.787. The Labute approximate surface area is 230 Å². The van der Waals surface area contributed by atoms with Crippen LogP contribution in [0.2, 0.25) is 0 Å². The van der Waals surface area contributed by atoms with Crippen molar-refractivity contribution in [2.45, 2.75) is 101 Å². The van der Waals surface area contributed by atoms with E-state index < -0.39 is 65.3 Å². The maximum absolute atomic E-state index is 11.4. The first kappa shape index (κ1) is 29.8. The van der Waals surface area contributed by atoms with Crippen LogP contribution in [0.1, 0.15) is 58.3 Å². The van der Waals surface area contributed by atoms with E-state index in [1.54, 1.807) is 0 Å². The molecule has 39 heavy (non-hydrogen) atoms. The highest BCUT2D eigenvalue weighted by atomic mass is 32.3. The van der Waals surface area contributed by atoms with Crippen molar-refractivity contribution < 1.29 is 52.2 Å². The molecule has 0 aromatic rings. The molecule has 0 amide bonds. The second kappa shape index (κ2) is 10.9. The topological polar surface area (TPSA) is 183 Å². The van der Waals surface area contributed by atoms with Gasteiger partial charge in [-0.3, -0.25) is 4.55 Å². The summed E-state index contributed by atoms with van der Waals surface area (Å²) in [6.07, 6.45) is -1.09. The van der Waals surface area contributed by atoms with Crippen LogP contribution in [-0.4, -0.2) is 94.6 Å². The molecular formula is C27H44O11S. The summed E-state index contributed by atoms with van der Waals surface area (Å²) in [6, 6.07) is 0. The highest BCUT2D eigenvalue weighted by Gasteiger charge is 2.63. The van der Waals surface area contributed by atoms with Gasteiger partial charge < -0.3 is 35.0 Å². The van der Waals surface area contributed by atoms with Gasteiger partial charge in [0.2, 0.25) is 0 Å². The predicted molar refractivity (Wildman–Crippen MR) is 137 cm³/mol. The van der Waals surface area contributed by atoms with Crippen LogP contribution in [-0.2, 0) is 24.1 Å². The number of aliphatic hydroxyl groups is 5. The highest BCUT2D eigenvalue weighted by Crippen LogP contribution is 2.67. The van der Waals surface area contributed by atoms with E-state index in [-0.39, 0.29) is 23.9 Å². The summed E-state index contributed by atoms with van der Waals surface area (Å²) in [5, 5.41) is 53.0. The maximum atomic E-state index is 11.4. The van der Waals surface area contributed by atoms with Crippen LogP contribution in [0.25, 0.3) is 0 Å². The molecule has 0 spiro atoms. The molecule has 5 aliphatic rings. The molecule has 14 atom stereocenters. The Morgan fingerprint density at radius 1 is 0.949 bits per heavy atom. The number of allylic oxidation sites excluding steroid dienone is 1. The van der Waals surface area contributed by atoms with E-state index in [1.165, 1.54) is 0 Å². The van der Waals surface area contributed by atoms with Gasteiger partial charge in [-0.1, -0.05) is 13.0 Å². The van der Waals surface area contributed by atoms with Gasteiger partial charge in [-0.05, 0) is 86.4 Å². The third-order valence-electron chi connectivity index (χ3n) is 11.4. The Morgan fingerprint density at radius 2 is 1.67 bits per heavy atom. The largest absolute Gasteiger partial charge is 0.397 e. The average Bonchev–Trinajstić information content (AvgIpc) is 3.25. The van der Waals surface area contributed by atoms with E-state index in [4.69, 9.17) is 14.0 Å². The quantitative estimate of drug-likeness (QED) is 0.186. The van der Waals surface area contributed by atoms with Gasteiger partial charge in [0.25, 0.3) is 0 Å². The molecule has 1 aliphatic heterocycles. The Balaban J connectivity index is 1.40. The number of aliphatic hydroxyl groups excluding tert-OH is 5. The van der Waals surface area contributed by atoms with E-state index >= 15 is 0 Å². The van der Waals surface area contributed by atoms with Crippen molar-refractivity contribution in [1.82, 2.24) is 0 Å². The van der Waals surface area contributed by atoms with E-state index in [9.17, 15) is 34.0 Å². The first-order chi connectivity index (χ1) is 18.4. The minimum absolute atomic E-state index is 0.0553. The lowest BCUT2D eigenvalue weighted by Gasteiger charge is -2.63. The van der Waals surface area contributed by atoms with Gasteiger partial charge in [0.1, 0.15) is 24.4 Å². The van der Waals surface area contributed by atoms with Crippen molar-refractivity contribution in [1.29, 1.82) is 0 Å². The molecule has 0 bridgehead atoms. The zero-order chi connectivity index (χ0) is 28.3. The fraction of sp³-hybridized carbons (Fsp3) is 0.926. The molecule has 3 unspecified atom stereocenters. The van der Waals surface area contributed by atoms with Gasteiger partial charge in [0, 0.05) is 12.0 Å². The Morgan fingerprint density at radius 3 is 2.31 bits per heavy atom. The standard InChI is InChI=1S/C27H44O11S/c1-3-14-4-6-16-15-5-7-18-23(19(30)9-11-27(18,13-29)17(15)8-10-26(14,16)2)37-25-22(32)24(38-39(33,34)35)21(31)20(12-28)36-25/h3,14-25,28-32H,1,4-13H2,2H3,(H,33,34,35)/t14-,15-,16-,17-,18-,19-,20?,21+,22?,23+,24?,25-,26+,27-/m0/s1. The third kappa shape index (κ3) is 4.92. The number of hydrogen-bond acceptors (Lipinski definition) is 10. The lowest BCUT2D eigenvalue weighted by atomic mass is 9.44. The van der Waals surface area contributed by atoms with E-state index in [0.717, 1.165) is 32.1 Å². The fourth-order valence-electron chi connectivity index (χ4n) is 9.55. The van der Waals surface area contributed by atoms with Crippen LogP contribution in [0.4, 0.5) is 0 Å². The normalized spacial score (nSPS) is 52.0. The highest BCUT2D eigenvalue weighted by molar-refractivity contribution is 7.80. The minimum atomic E-state index is -5.05. The minimum Gasteiger partial charge on any atom is -0.396 e. The molecule has 12 heteroatoms. The Bertz CT molecular complexity index is 1010. The zero-order valence-corrected chi connectivity index (χ0v) is 23.2. The molecule has 4 saturated carbocycles. The summed E-state index contributed by atoms with van der Waals surface area (Å²) in [4.78, 5) is 0. The molecule has 0 aromatic heterocycles. The van der Waals surface area contributed by atoms with Crippen LogP contribution in [0, 0.1) is 40.4 Å². The molecule has 11 nitrogen and oxygen atoms in total. The van der Waals surface area contributed by atoms with Gasteiger partial charge in [-0.2, -0.15) is 8.42 Å². The summed E-state index contributed by atoms with van der Waals surface area (Å²) < 4.78 is 48.2. The molecule has 4 aliphatic carbocycles. The van der Waals surface area contributed by atoms with Crippen LogP contribution in [0.15, 0.2) is 12.7 Å². The number of rotatable bonds is 7. The zero-order valence-electron chi connectivity index (χ0n) is 22.4. The first-order valence-electron chi connectivity index (χ1n) is 14.2. The molecule has 0 radical (unpaired) electrons. The molecule has 5 rings (SSSR count). The number of fused-ring (bicyclic) bond motifs is 5. The SMILES string of the molecule is C=C[C@H]1CC[C@H]2[C@@H]3CC[C@H]4[C@@H](O[C@@H]5OC(CO)[C@@H](O)C(OS(=O)(=O)O)C5O)[C@@H](O)CC[C@]4(CO)[C@H]3CC[C@]12C. The molecular weight excluding hydrogens is 532 g/mol. The second-order valence-electron chi connectivity index (χ2n) is 12.8. The number of ether oxygens (including phenoxy) is 2. The van der Waals surface area contributed by atoms with Crippen molar-refractivity contribution in [3.8, 4) is 0 Å². The number of hydrogen-bond donors (Lipinski definition) is 6. The first-order valence-corrected chi connectivity index (χ1v) is 15.6. The van der Waals surface area contributed by atoms with Crippen molar-refractivity contribution >= 4 is 10.4 Å². The lowest BCUT2D eigenvalue weighted by molar-refractivity contribution is -0.331. The monoisotopic (exact) mass is 576 g/mol. The molecule has 1 heterocycles. The summed E-state index contributed by atoms with van der Waals surface area (Å²) >= 11 is 0. The van der Waals surface area contributed by atoms with Gasteiger partial charge >= 0.3 is 10.4 Å². The van der Waals surface area contributed by atoms with Crippen LogP contribution in [0.5, 0.6) is 0 Å². The van der Waals surface area contributed by atoms with Gasteiger partial charge in [0.05, 0.1) is 18.8 Å². The second-order valence-corrected chi connectivity index (χ2v) is 13.9. The summed E-state index contributed by atoms with van der Waals surface area (Å²) in [7, 11) is -5.05. The molecule has 0 aromatic carbocycles.